The highest BCUT2D eigenvalue weighted by atomic mass is 32.1. The van der Waals surface area contributed by atoms with Crippen LogP contribution in [-0.2, 0) is 22.5 Å². The molecule has 0 saturated heterocycles. The molecule has 0 aromatic carbocycles. The first-order valence-electron chi connectivity index (χ1n) is 6.36. The van der Waals surface area contributed by atoms with E-state index in [1.54, 1.807) is 11.3 Å². The quantitative estimate of drug-likeness (QED) is 0.805. The van der Waals surface area contributed by atoms with Crippen LogP contribution in [0.4, 0.5) is 0 Å². The van der Waals surface area contributed by atoms with Crippen molar-refractivity contribution in [1.29, 1.82) is 0 Å². The van der Waals surface area contributed by atoms with Gasteiger partial charge in [-0.1, -0.05) is 13.8 Å². The number of carbonyl (C=O) groups excluding carboxylic acids is 1. The van der Waals surface area contributed by atoms with Gasteiger partial charge in [-0.25, -0.2) is 0 Å². The number of rotatable bonds is 6. The zero-order valence-electron chi connectivity index (χ0n) is 11.3. The van der Waals surface area contributed by atoms with Crippen LogP contribution >= 0.6 is 11.3 Å². The molecule has 1 fully saturated rings. The molecule has 1 atom stereocenters. The molecule has 1 aliphatic carbocycles. The summed E-state index contributed by atoms with van der Waals surface area (Å²) < 4.78 is 4.66. The van der Waals surface area contributed by atoms with E-state index in [4.69, 9.17) is 0 Å². The van der Waals surface area contributed by atoms with Crippen LogP contribution in [0.25, 0.3) is 0 Å². The normalized spacial score (nSPS) is 20.7. The Kier molecular flexibility index (Phi) is 4.07. The summed E-state index contributed by atoms with van der Waals surface area (Å²) in [5, 5.41) is 3.49. The number of carbonyl (C=O) groups is 1. The van der Waals surface area contributed by atoms with Gasteiger partial charge in [-0.05, 0) is 36.4 Å². The smallest absolute Gasteiger partial charge is 0.310 e. The van der Waals surface area contributed by atoms with Crippen molar-refractivity contribution >= 4 is 17.3 Å². The zero-order valence-corrected chi connectivity index (χ0v) is 12.1. The summed E-state index contributed by atoms with van der Waals surface area (Å²) in [4.78, 5) is 13.5. The fraction of sp³-hybridized carbons (Fsp3) is 0.643. The number of nitrogens with one attached hydrogen (secondary N) is 1. The molecule has 0 spiro atoms. The summed E-state index contributed by atoms with van der Waals surface area (Å²) in [6.45, 7) is 6.63. The van der Waals surface area contributed by atoms with E-state index in [0.717, 1.165) is 23.9 Å². The summed E-state index contributed by atoms with van der Waals surface area (Å²) in [5.41, 5.74) is 0.540. The van der Waals surface area contributed by atoms with E-state index in [0.29, 0.717) is 11.8 Å². The van der Waals surface area contributed by atoms with E-state index < -0.39 is 0 Å². The van der Waals surface area contributed by atoms with Crippen molar-refractivity contribution in [3.05, 3.63) is 21.9 Å². The van der Waals surface area contributed by atoms with E-state index in [2.05, 4.69) is 30.0 Å². The minimum Gasteiger partial charge on any atom is -0.469 e. The Bertz CT molecular complexity index is 425. The summed E-state index contributed by atoms with van der Waals surface area (Å²) in [6, 6.07) is 4.10. The first kappa shape index (κ1) is 13.6. The van der Waals surface area contributed by atoms with Crippen LogP contribution in [0.2, 0.25) is 0 Å². The number of ether oxygens (including phenoxy) is 1. The maximum atomic E-state index is 11.1. The van der Waals surface area contributed by atoms with Crippen LogP contribution in [0.1, 0.15) is 30.0 Å². The molecule has 0 aliphatic heterocycles. The Morgan fingerprint density at radius 3 is 2.78 bits per heavy atom. The molecular formula is C14H21NO2S. The molecule has 1 heterocycles. The van der Waals surface area contributed by atoms with E-state index in [9.17, 15) is 4.79 Å². The van der Waals surface area contributed by atoms with Gasteiger partial charge in [0.2, 0.25) is 0 Å². The summed E-state index contributed by atoms with van der Waals surface area (Å²) >= 11 is 1.69. The van der Waals surface area contributed by atoms with Crippen LogP contribution in [0.3, 0.4) is 0 Å². The average molecular weight is 267 g/mol. The van der Waals surface area contributed by atoms with Gasteiger partial charge in [0.05, 0.1) is 13.5 Å². The maximum Gasteiger partial charge on any atom is 0.310 e. The zero-order chi connectivity index (χ0) is 13.2. The number of thiophene rings is 1. The van der Waals surface area contributed by atoms with Gasteiger partial charge in [0.25, 0.3) is 0 Å². The van der Waals surface area contributed by atoms with Crippen LogP contribution < -0.4 is 5.32 Å². The van der Waals surface area contributed by atoms with Gasteiger partial charge in [0.1, 0.15) is 0 Å². The molecular weight excluding hydrogens is 246 g/mol. The lowest BCUT2D eigenvalue weighted by Crippen LogP contribution is -2.17. The minimum atomic E-state index is -0.170. The SMILES string of the molecule is COC(=O)Cc1ccc(CNCC2CC2(C)C)s1. The second-order valence-electron chi connectivity index (χ2n) is 5.64. The van der Waals surface area contributed by atoms with Crippen LogP contribution in [0, 0.1) is 11.3 Å². The van der Waals surface area contributed by atoms with Gasteiger partial charge < -0.3 is 10.1 Å². The van der Waals surface area contributed by atoms with Crippen molar-refractivity contribution in [3.63, 3.8) is 0 Å². The standard InChI is InChI=1S/C14H21NO2S/c1-14(2)7-10(14)8-15-9-12-5-4-11(18-12)6-13(16)17-3/h4-5,10,15H,6-9H2,1-3H3. The number of hydrogen-bond donors (Lipinski definition) is 1. The third-order valence-electron chi connectivity index (χ3n) is 3.67. The highest BCUT2D eigenvalue weighted by Crippen LogP contribution is 2.50. The summed E-state index contributed by atoms with van der Waals surface area (Å²) in [6.07, 6.45) is 1.72. The lowest BCUT2D eigenvalue weighted by Gasteiger charge is -2.04. The highest BCUT2D eigenvalue weighted by molar-refractivity contribution is 7.12. The third kappa shape index (κ3) is 3.56. The van der Waals surface area contributed by atoms with Crippen molar-refractivity contribution in [2.45, 2.75) is 33.2 Å². The Morgan fingerprint density at radius 2 is 2.17 bits per heavy atom. The molecule has 100 valence electrons. The average Bonchev–Trinajstić information content (AvgIpc) is 2.74. The van der Waals surface area contributed by atoms with Crippen molar-refractivity contribution in [3.8, 4) is 0 Å². The topological polar surface area (TPSA) is 38.3 Å². The fourth-order valence-corrected chi connectivity index (χ4v) is 3.09. The molecule has 0 amide bonds. The Balaban J connectivity index is 1.72. The van der Waals surface area contributed by atoms with E-state index in [1.807, 2.05) is 6.07 Å². The first-order chi connectivity index (χ1) is 8.51. The van der Waals surface area contributed by atoms with Crippen LogP contribution in [-0.4, -0.2) is 19.6 Å². The molecule has 2 rings (SSSR count). The molecule has 1 aromatic heterocycles. The van der Waals surface area contributed by atoms with Gasteiger partial charge in [0, 0.05) is 16.3 Å². The summed E-state index contributed by atoms with van der Waals surface area (Å²) in [5.74, 6) is 0.656. The fourth-order valence-electron chi connectivity index (χ4n) is 2.12. The molecule has 1 aromatic rings. The molecule has 3 nitrogen and oxygen atoms in total. The van der Waals surface area contributed by atoms with E-state index in [-0.39, 0.29) is 5.97 Å². The first-order valence-corrected chi connectivity index (χ1v) is 7.18. The molecule has 4 heteroatoms. The monoisotopic (exact) mass is 267 g/mol. The molecule has 1 unspecified atom stereocenters. The predicted molar refractivity (Wildman–Crippen MR) is 73.6 cm³/mol. The van der Waals surface area contributed by atoms with Crippen molar-refractivity contribution in [2.24, 2.45) is 11.3 Å². The molecule has 0 bridgehead atoms. The van der Waals surface area contributed by atoms with Gasteiger partial charge in [-0.15, -0.1) is 11.3 Å². The van der Waals surface area contributed by atoms with Gasteiger partial charge in [-0.2, -0.15) is 0 Å². The molecule has 1 saturated carbocycles. The second-order valence-corrected chi connectivity index (χ2v) is 6.89. The van der Waals surface area contributed by atoms with Crippen molar-refractivity contribution in [2.75, 3.05) is 13.7 Å². The Morgan fingerprint density at radius 1 is 1.50 bits per heavy atom. The Labute approximate surface area is 113 Å². The van der Waals surface area contributed by atoms with Crippen molar-refractivity contribution < 1.29 is 9.53 Å². The molecule has 1 aliphatic rings. The third-order valence-corrected chi connectivity index (χ3v) is 4.76. The molecule has 0 radical (unpaired) electrons. The van der Waals surface area contributed by atoms with Crippen LogP contribution in [0.15, 0.2) is 12.1 Å². The second kappa shape index (κ2) is 5.41. The van der Waals surface area contributed by atoms with Gasteiger partial charge in [-0.3, -0.25) is 4.79 Å². The molecule has 1 N–H and O–H groups in total. The molecule has 18 heavy (non-hydrogen) atoms. The Hall–Kier alpha value is -0.870. The van der Waals surface area contributed by atoms with Gasteiger partial charge >= 0.3 is 5.97 Å². The number of esters is 1. The maximum absolute atomic E-state index is 11.1. The predicted octanol–water partition coefficient (Wildman–Crippen LogP) is 2.60. The van der Waals surface area contributed by atoms with Crippen molar-refractivity contribution in [1.82, 2.24) is 5.32 Å². The number of methoxy groups -OCH3 is 1. The lowest BCUT2D eigenvalue weighted by molar-refractivity contribution is -0.139. The van der Waals surface area contributed by atoms with E-state index >= 15 is 0 Å². The van der Waals surface area contributed by atoms with Crippen LogP contribution in [0.5, 0.6) is 0 Å². The largest absolute Gasteiger partial charge is 0.469 e. The summed E-state index contributed by atoms with van der Waals surface area (Å²) in [7, 11) is 1.43. The number of hydrogen-bond acceptors (Lipinski definition) is 4. The lowest BCUT2D eigenvalue weighted by atomic mass is 10.1. The van der Waals surface area contributed by atoms with E-state index in [1.165, 1.54) is 18.4 Å². The van der Waals surface area contributed by atoms with Gasteiger partial charge in [0.15, 0.2) is 0 Å². The highest BCUT2D eigenvalue weighted by Gasteiger charge is 2.44. The minimum absolute atomic E-state index is 0.170.